The average molecular weight is 344 g/mol. The minimum Gasteiger partial charge on any atom is -0.439 e. The third-order valence-electron chi connectivity index (χ3n) is 3.11. The highest BCUT2D eigenvalue weighted by Crippen LogP contribution is 2.25. The van der Waals surface area contributed by atoms with Gasteiger partial charge in [0.25, 0.3) is 0 Å². The Morgan fingerprint density at radius 3 is 2.50 bits per heavy atom. The standard InChI is InChI=1S/C18H14F2N2OS/c1-12-9-17(23-16-4-2-3-15(20)10-16)22-18(21-12)24-11-13-5-7-14(19)8-6-13/h2-10H,11H2,1H3. The van der Waals surface area contributed by atoms with Crippen LogP contribution in [0.1, 0.15) is 11.3 Å². The summed E-state index contributed by atoms with van der Waals surface area (Å²) >= 11 is 1.42. The first-order valence-corrected chi connectivity index (χ1v) is 8.23. The van der Waals surface area contributed by atoms with Gasteiger partial charge < -0.3 is 4.74 Å². The maximum absolute atomic E-state index is 13.2. The highest BCUT2D eigenvalue weighted by molar-refractivity contribution is 7.98. The maximum atomic E-state index is 13.2. The molecule has 0 amide bonds. The third kappa shape index (κ3) is 4.52. The Morgan fingerprint density at radius 1 is 0.958 bits per heavy atom. The number of halogens is 2. The molecule has 0 radical (unpaired) electrons. The van der Waals surface area contributed by atoms with Crippen LogP contribution in [0.15, 0.2) is 59.8 Å². The first-order valence-electron chi connectivity index (χ1n) is 7.25. The van der Waals surface area contributed by atoms with Gasteiger partial charge in [-0.15, -0.1) is 0 Å². The van der Waals surface area contributed by atoms with E-state index in [1.807, 2.05) is 6.92 Å². The summed E-state index contributed by atoms with van der Waals surface area (Å²) in [5, 5.41) is 0.547. The molecule has 0 fully saturated rings. The summed E-state index contributed by atoms with van der Waals surface area (Å²) < 4.78 is 31.7. The quantitative estimate of drug-likeness (QED) is 0.474. The number of rotatable bonds is 5. The molecule has 2 aromatic carbocycles. The second-order valence-corrected chi connectivity index (χ2v) is 6.05. The lowest BCUT2D eigenvalue weighted by Crippen LogP contribution is -1.95. The summed E-state index contributed by atoms with van der Waals surface area (Å²) in [6.45, 7) is 1.84. The van der Waals surface area contributed by atoms with E-state index in [-0.39, 0.29) is 11.6 Å². The number of benzene rings is 2. The van der Waals surface area contributed by atoms with Crippen molar-refractivity contribution in [2.24, 2.45) is 0 Å². The molecule has 0 spiro atoms. The number of hydrogen-bond acceptors (Lipinski definition) is 4. The summed E-state index contributed by atoms with van der Waals surface area (Å²) in [5.74, 6) is 0.714. The number of aromatic nitrogens is 2. The topological polar surface area (TPSA) is 35.0 Å². The Morgan fingerprint density at radius 2 is 1.75 bits per heavy atom. The van der Waals surface area contributed by atoms with Crippen molar-refractivity contribution in [3.63, 3.8) is 0 Å². The van der Waals surface area contributed by atoms with Gasteiger partial charge in [-0.1, -0.05) is 30.0 Å². The second kappa shape index (κ2) is 7.40. The lowest BCUT2D eigenvalue weighted by atomic mass is 10.2. The van der Waals surface area contributed by atoms with Gasteiger partial charge in [0.05, 0.1) is 0 Å². The molecule has 24 heavy (non-hydrogen) atoms. The van der Waals surface area contributed by atoms with E-state index >= 15 is 0 Å². The number of nitrogens with zero attached hydrogens (tertiary/aromatic N) is 2. The molecule has 0 saturated heterocycles. The van der Waals surface area contributed by atoms with Crippen LogP contribution in [0, 0.1) is 18.6 Å². The number of thioether (sulfide) groups is 1. The van der Waals surface area contributed by atoms with Crippen molar-refractivity contribution in [1.82, 2.24) is 9.97 Å². The fourth-order valence-corrected chi connectivity index (χ4v) is 2.86. The SMILES string of the molecule is Cc1cc(Oc2cccc(F)c2)nc(SCc2ccc(F)cc2)n1. The number of hydrogen-bond donors (Lipinski definition) is 0. The van der Waals surface area contributed by atoms with Gasteiger partial charge in [0, 0.05) is 23.6 Å². The molecule has 3 nitrogen and oxygen atoms in total. The Bertz CT molecular complexity index is 841. The molecule has 0 aliphatic carbocycles. The molecule has 0 aliphatic rings. The molecule has 1 heterocycles. The van der Waals surface area contributed by atoms with Gasteiger partial charge in [-0.3, -0.25) is 0 Å². The molecule has 0 atom stereocenters. The summed E-state index contributed by atoms with van der Waals surface area (Å²) in [6, 6.07) is 13.9. The lowest BCUT2D eigenvalue weighted by Gasteiger charge is -2.08. The summed E-state index contributed by atoms with van der Waals surface area (Å²) in [5.41, 5.74) is 1.72. The number of ether oxygens (including phenoxy) is 1. The van der Waals surface area contributed by atoms with E-state index in [4.69, 9.17) is 4.74 Å². The van der Waals surface area contributed by atoms with Gasteiger partial charge >= 0.3 is 0 Å². The highest BCUT2D eigenvalue weighted by atomic mass is 32.2. The smallest absolute Gasteiger partial charge is 0.223 e. The van der Waals surface area contributed by atoms with Crippen molar-refractivity contribution in [2.75, 3.05) is 0 Å². The molecule has 0 aliphatic heterocycles. The van der Waals surface area contributed by atoms with Crippen LogP contribution in [0.25, 0.3) is 0 Å². The monoisotopic (exact) mass is 344 g/mol. The van der Waals surface area contributed by atoms with Crippen LogP contribution in [-0.4, -0.2) is 9.97 Å². The Balaban J connectivity index is 1.72. The molecule has 3 aromatic rings. The van der Waals surface area contributed by atoms with Gasteiger partial charge in [-0.25, -0.2) is 13.8 Å². The minimum absolute atomic E-state index is 0.263. The van der Waals surface area contributed by atoms with Crippen LogP contribution < -0.4 is 4.74 Å². The molecule has 122 valence electrons. The predicted octanol–water partition coefficient (Wildman–Crippen LogP) is 5.15. The predicted molar refractivity (Wildman–Crippen MR) is 89.2 cm³/mol. The van der Waals surface area contributed by atoms with Crippen LogP contribution in [0.5, 0.6) is 11.6 Å². The van der Waals surface area contributed by atoms with Gasteiger partial charge in [-0.2, -0.15) is 4.98 Å². The van der Waals surface area contributed by atoms with Crippen molar-refractivity contribution in [3.05, 3.63) is 77.5 Å². The highest BCUT2D eigenvalue weighted by Gasteiger charge is 2.07. The first kappa shape index (κ1) is 16.4. The molecule has 1 aromatic heterocycles. The lowest BCUT2D eigenvalue weighted by molar-refractivity contribution is 0.450. The van der Waals surface area contributed by atoms with E-state index in [0.29, 0.717) is 22.5 Å². The van der Waals surface area contributed by atoms with Gasteiger partial charge in [-0.05, 0) is 36.8 Å². The molecule has 0 bridgehead atoms. The second-order valence-electron chi connectivity index (χ2n) is 5.10. The third-order valence-corrected chi connectivity index (χ3v) is 4.03. The molecule has 0 saturated carbocycles. The van der Waals surface area contributed by atoms with Crippen molar-refractivity contribution in [3.8, 4) is 11.6 Å². The fourth-order valence-electron chi connectivity index (χ4n) is 2.01. The van der Waals surface area contributed by atoms with E-state index in [1.165, 1.54) is 36.0 Å². The van der Waals surface area contributed by atoms with Gasteiger partial charge in [0.1, 0.15) is 17.4 Å². The Labute approximate surface area is 142 Å². The first-order chi connectivity index (χ1) is 11.6. The van der Waals surface area contributed by atoms with Crippen molar-refractivity contribution in [1.29, 1.82) is 0 Å². The van der Waals surface area contributed by atoms with Gasteiger partial charge in [0.2, 0.25) is 5.88 Å². The van der Waals surface area contributed by atoms with Crippen LogP contribution in [-0.2, 0) is 5.75 Å². The van der Waals surface area contributed by atoms with E-state index in [1.54, 1.807) is 30.3 Å². The van der Waals surface area contributed by atoms with Gasteiger partial charge in [0.15, 0.2) is 5.16 Å². The van der Waals surface area contributed by atoms with E-state index in [0.717, 1.165) is 11.3 Å². The Kier molecular flexibility index (Phi) is 5.05. The molecule has 0 unspecified atom stereocenters. The van der Waals surface area contributed by atoms with E-state index in [2.05, 4.69) is 9.97 Å². The van der Waals surface area contributed by atoms with Crippen LogP contribution in [0.4, 0.5) is 8.78 Å². The average Bonchev–Trinajstić information content (AvgIpc) is 2.54. The summed E-state index contributed by atoms with van der Waals surface area (Å²) in [7, 11) is 0. The van der Waals surface area contributed by atoms with Crippen LogP contribution in [0.3, 0.4) is 0 Å². The summed E-state index contributed by atoms with van der Waals surface area (Å²) in [4.78, 5) is 8.67. The zero-order valence-corrected chi connectivity index (χ0v) is 13.7. The van der Waals surface area contributed by atoms with Crippen LogP contribution in [0.2, 0.25) is 0 Å². The normalized spacial score (nSPS) is 10.6. The van der Waals surface area contributed by atoms with E-state index in [9.17, 15) is 8.78 Å². The minimum atomic E-state index is -0.371. The van der Waals surface area contributed by atoms with Crippen molar-refractivity contribution in [2.45, 2.75) is 17.8 Å². The van der Waals surface area contributed by atoms with E-state index < -0.39 is 0 Å². The number of aryl methyl sites for hydroxylation is 1. The summed E-state index contributed by atoms with van der Waals surface area (Å²) in [6.07, 6.45) is 0. The molecule has 6 heteroatoms. The molecule has 3 rings (SSSR count). The molecular formula is C18H14F2N2OS. The van der Waals surface area contributed by atoms with Crippen LogP contribution >= 0.6 is 11.8 Å². The molecule has 0 N–H and O–H groups in total. The largest absolute Gasteiger partial charge is 0.439 e. The van der Waals surface area contributed by atoms with Crippen molar-refractivity contribution < 1.29 is 13.5 Å². The van der Waals surface area contributed by atoms with Crippen molar-refractivity contribution >= 4 is 11.8 Å². The fraction of sp³-hybridized carbons (Fsp3) is 0.111. The zero-order chi connectivity index (χ0) is 16.9. The Hall–Kier alpha value is -2.47. The maximum Gasteiger partial charge on any atom is 0.223 e. The zero-order valence-electron chi connectivity index (χ0n) is 12.9. The molecular weight excluding hydrogens is 330 g/mol.